The Morgan fingerprint density at radius 3 is 2.50 bits per heavy atom. The van der Waals surface area contributed by atoms with E-state index in [0.717, 1.165) is 56.8 Å². The maximum Gasteiger partial charge on any atom is 0.248 e. The second-order valence-electron chi connectivity index (χ2n) is 9.51. The molecule has 0 bridgehead atoms. The molecule has 36 heavy (non-hydrogen) atoms. The molecule has 0 aliphatic carbocycles. The molecule has 2 atom stereocenters. The van der Waals surface area contributed by atoms with Gasteiger partial charge in [-0.3, -0.25) is 9.69 Å². The Labute approximate surface area is 211 Å². The normalized spacial score (nSPS) is 19.8. The van der Waals surface area contributed by atoms with Gasteiger partial charge in [0, 0.05) is 49.5 Å². The Kier molecular flexibility index (Phi) is 7.24. The minimum Gasteiger partial charge on any atom is -0.366 e. The molecule has 10 nitrogen and oxygen atoms in total. The van der Waals surface area contributed by atoms with Crippen LogP contribution in [0.3, 0.4) is 0 Å². The van der Waals surface area contributed by atoms with Crippen molar-refractivity contribution in [2.75, 3.05) is 42.1 Å². The van der Waals surface area contributed by atoms with Gasteiger partial charge in [0.2, 0.25) is 23.8 Å². The first-order valence-corrected chi connectivity index (χ1v) is 12.5. The van der Waals surface area contributed by atoms with E-state index >= 15 is 0 Å². The van der Waals surface area contributed by atoms with E-state index in [9.17, 15) is 4.79 Å². The van der Waals surface area contributed by atoms with E-state index in [1.165, 1.54) is 5.56 Å². The van der Waals surface area contributed by atoms with Crippen LogP contribution in [-0.4, -0.2) is 64.0 Å². The fourth-order valence-corrected chi connectivity index (χ4v) is 4.67. The van der Waals surface area contributed by atoms with E-state index in [1.54, 1.807) is 12.1 Å². The molecular weight excluding hydrogens is 454 g/mol. The lowest BCUT2D eigenvalue weighted by molar-refractivity contribution is 0.100. The standard InChI is InChI=1S/C26H33N9O/c1-17-7-8-19(23(27)36)13-22(17)31-26-33-24(29-20-9-11-28-14-20)32-25(34-26)30-21-10-12-35(16-21)15-18-5-3-2-4-6-18/h2-8,13,20-21,28H,9-12,14-16H2,1H3,(H2,27,36)(H3,29,30,31,32,33,34)/t20-,21?/m0/s1. The lowest BCUT2D eigenvalue weighted by atomic mass is 10.1. The topological polar surface area (TPSA) is 133 Å². The van der Waals surface area contributed by atoms with E-state index in [0.29, 0.717) is 23.4 Å². The number of benzene rings is 2. The van der Waals surface area contributed by atoms with Gasteiger partial charge < -0.3 is 27.0 Å². The summed E-state index contributed by atoms with van der Waals surface area (Å²) in [5, 5.41) is 13.6. The molecule has 0 saturated carbocycles. The fraction of sp³-hybridized carbons (Fsp3) is 0.385. The van der Waals surface area contributed by atoms with E-state index in [1.807, 2.05) is 19.1 Å². The highest BCUT2D eigenvalue weighted by Gasteiger charge is 2.24. The number of rotatable bonds is 9. The van der Waals surface area contributed by atoms with Gasteiger partial charge in [-0.25, -0.2) is 0 Å². The summed E-state index contributed by atoms with van der Waals surface area (Å²) in [6.07, 6.45) is 2.02. The second kappa shape index (κ2) is 10.9. The SMILES string of the molecule is Cc1ccc(C(N)=O)cc1Nc1nc(NC2CCN(Cc3ccccc3)C2)nc(N[C@H]2CCNC2)n1. The van der Waals surface area contributed by atoms with Crippen molar-refractivity contribution in [3.63, 3.8) is 0 Å². The number of carbonyl (C=O) groups excluding carboxylic acids is 1. The number of carbonyl (C=O) groups is 1. The largest absolute Gasteiger partial charge is 0.366 e. The molecule has 6 N–H and O–H groups in total. The molecule has 1 amide bonds. The lowest BCUT2D eigenvalue weighted by Gasteiger charge is -2.18. The summed E-state index contributed by atoms with van der Waals surface area (Å²) in [6, 6.07) is 16.3. The maximum atomic E-state index is 11.7. The quantitative estimate of drug-likeness (QED) is 0.309. The summed E-state index contributed by atoms with van der Waals surface area (Å²) >= 11 is 0. The van der Waals surface area contributed by atoms with Gasteiger partial charge in [-0.05, 0) is 49.6 Å². The molecule has 2 aliphatic heterocycles. The van der Waals surface area contributed by atoms with Crippen LogP contribution in [0.5, 0.6) is 0 Å². The van der Waals surface area contributed by atoms with Gasteiger partial charge in [-0.15, -0.1) is 0 Å². The molecule has 3 heterocycles. The van der Waals surface area contributed by atoms with Crippen LogP contribution >= 0.6 is 0 Å². The van der Waals surface area contributed by atoms with Crippen molar-refractivity contribution >= 4 is 29.4 Å². The zero-order valence-corrected chi connectivity index (χ0v) is 20.5. The van der Waals surface area contributed by atoms with Crippen molar-refractivity contribution in [2.24, 2.45) is 5.73 Å². The number of primary amides is 1. The second-order valence-corrected chi connectivity index (χ2v) is 9.51. The van der Waals surface area contributed by atoms with Gasteiger partial charge >= 0.3 is 0 Å². The molecule has 2 fully saturated rings. The molecule has 1 unspecified atom stereocenters. The molecule has 0 radical (unpaired) electrons. The molecule has 1 aromatic heterocycles. The molecule has 2 aromatic carbocycles. The molecule has 5 rings (SSSR count). The highest BCUT2D eigenvalue weighted by atomic mass is 16.1. The first-order valence-electron chi connectivity index (χ1n) is 12.5. The number of nitrogens with two attached hydrogens (primary N) is 1. The van der Waals surface area contributed by atoms with Crippen molar-refractivity contribution in [3.05, 3.63) is 65.2 Å². The third-order valence-corrected chi connectivity index (χ3v) is 6.65. The van der Waals surface area contributed by atoms with Gasteiger partial charge in [0.1, 0.15) is 0 Å². The average Bonchev–Trinajstić information content (AvgIpc) is 3.53. The van der Waals surface area contributed by atoms with Crippen LogP contribution in [0.25, 0.3) is 0 Å². The number of likely N-dealkylation sites (tertiary alicyclic amines) is 1. The summed E-state index contributed by atoms with van der Waals surface area (Å²) in [7, 11) is 0. The molecule has 0 spiro atoms. The van der Waals surface area contributed by atoms with Crippen LogP contribution in [0.1, 0.15) is 34.3 Å². The van der Waals surface area contributed by atoms with Crippen LogP contribution in [-0.2, 0) is 6.54 Å². The lowest BCUT2D eigenvalue weighted by Crippen LogP contribution is -2.28. The van der Waals surface area contributed by atoms with Crippen molar-refractivity contribution in [3.8, 4) is 0 Å². The third kappa shape index (κ3) is 6.07. The number of nitrogens with one attached hydrogen (secondary N) is 4. The smallest absolute Gasteiger partial charge is 0.248 e. The predicted molar refractivity (Wildman–Crippen MR) is 141 cm³/mol. The average molecular weight is 488 g/mol. The Hall–Kier alpha value is -3.76. The molecule has 2 saturated heterocycles. The number of nitrogens with zero attached hydrogens (tertiary/aromatic N) is 4. The Morgan fingerprint density at radius 1 is 1.03 bits per heavy atom. The van der Waals surface area contributed by atoms with Crippen LogP contribution < -0.4 is 27.0 Å². The number of aryl methyl sites for hydroxylation is 1. The van der Waals surface area contributed by atoms with Crippen molar-refractivity contribution in [1.82, 2.24) is 25.2 Å². The summed E-state index contributed by atoms with van der Waals surface area (Å²) in [4.78, 5) is 28.1. The number of aromatic nitrogens is 3. The van der Waals surface area contributed by atoms with Gasteiger partial charge in [-0.1, -0.05) is 36.4 Å². The Bertz CT molecular complexity index is 1200. The number of anilines is 4. The minimum absolute atomic E-state index is 0.241. The van der Waals surface area contributed by atoms with Crippen LogP contribution in [0.15, 0.2) is 48.5 Å². The number of hydrogen-bond donors (Lipinski definition) is 5. The van der Waals surface area contributed by atoms with E-state index in [2.05, 4.69) is 65.4 Å². The summed E-state index contributed by atoms with van der Waals surface area (Å²) in [5.41, 5.74) is 8.90. The molecule has 3 aromatic rings. The highest BCUT2D eigenvalue weighted by Crippen LogP contribution is 2.23. The summed E-state index contributed by atoms with van der Waals surface area (Å²) in [5.74, 6) is 0.973. The van der Waals surface area contributed by atoms with Crippen LogP contribution in [0.2, 0.25) is 0 Å². The van der Waals surface area contributed by atoms with Gasteiger partial charge in [-0.2, -0.15) is 15.0 Å². The fourth-order valence-electron chi connectivity index (χ4n) is 4.67. The zero-order valence-electron chi connectivity index (χ0n) is 20.5. The first kappa shape index (κ1) is 24.0. The maximum absolute atomic E-state index is 11.7. The first-order chi connectivity index (χ1) is 17.5. The van der Waals surface area contributed by atoms with Crippen LogP contribution in [0, 0.1) is 6.92 Å². The molecule has 2 aliphatic rings. The van der Waals surface area contributed by atoms with Crippen molar-refractivity contribution < 1.29 is 4.79 Å². The minimum atomic E-state index is -0.478. The van der Waals surface area contributed by atoms with Crippen molar-refractivity contribution in [1.29, 1.82) is 0 Å². The van der Waals surface area contributed by atoms with E-state index < -0.39 is 5.91 Å². The summed E-state index contributed by atoms with van der Waals surface area (Å²) in [6.45, 7) is 6.65. The number of amides is 1. The predicted octanol–water partition coefficient (Wildman–Crippen LogP) is 2.48. The van der Waals surface area contributed by atoms with Gasteiger partial charge in [0.15, 0.2) is 0 Å². The van der Waals surface area contributed by atoms with Crippen molar-refractivity contribution in [2.45, 2.75) is 38.4 Å². The van der Waals surface area contributed by atoms with Gasteiger partial charge in [0.25, 0.3) is 0 Å². The monoisotopic (exact) mass is 487 g/mol. The third-order valence-electron chi connectivity index (χ3n) is 6.65. The Balaban J connectivity index is 1.33. The molecule has 188 valence electrons. The van der Waals surface area contributed by atoms with E-state index in [-0.39, 0.29) is 12.1 Å². The highest BCUT2D eigenvalue weighted by molar-refractivity contribution is 5.94. The van der Waals surface area contributed by atoms with E-state index in [4.69, 9.17) is 5.73 Å². The molecular formula is C26H33N9O. The summed E-state index contributed by atoms with van der Waals surface area (Å²) < 4.78 is 0. The van der Waals surface area contributed by atoms with Crippen LogP contribution in [0.4, 0.5) is 23.5 Å². The zero-order chi connectivity index (χ0) is 24.9. The van der Waals surface area contributed by atoms with Gasteiger partial charge in [0.05, 0.1) is 0 Å². The Morgan fingerprint density at radius 2 is 1.78 bits per heavy atom. The molecule has 10 heteroatoms. The number of hydrogen-bond acceptors (Lipinski definition) is 9.